The van der Waals surface area contributed by atoms with E-state index >= 15 is 0 Å². The molecule has 4 saturated heterocycles. The van der Waals surface area contributed by atoms with Gasteiger partial charge < -0.3 is 9.47 Å². The third-order valence-electron chi connectivity index (χ3n) is 7.60. The maximum atomic E-state index is 11.6. The molecule has 4 atom stereocenters. The van der Waals surface area contributed by atoms with Crippen LogP contribution in [0.1, 0.15) is 24.0 Å². The molecule has 0 saturated carbocycles. The van der Waals surface area contributed by atoms with E-state index in [9.17, 15) is 9.59 Å². The molecule has 0 radical (unpaired) electrons. The van der Waals surface area contributed by atoms with Crippen molar-refractivity contribution in [2.45, 2.75) is 25.9 Å². The quantitative estimate of drug-likeness (QED) is 0.650. The Morgan fingerprint density at radius 2 is 1.03 bits per heavy atom. The molecule has 4 heterocycles. The van der Waals surface area contributed by atoms with Crippen molar-refractivity contribution in [3.05, 3.63) is 71.8 Å². The molecule has 180 valence electrons. The lowest BCUT2D eigenvalue weighted by Gasteiger charge is -2.22. The molecule has 4 aliphatic heterocycles. The fourth-order valence-electron chi connectivity index (χ4n) is 5.82. The number of hydrogen-bond acceptors (Lipinski definition) is 6. The van der Waals surface area contributed by atoms with Crippen LogP contribution in [0.25, 0.3) is 0 Å². The first-order valence-electron chi connectivity index (χ1n) is 12.5. The zero-order valence-electron chi connectivity index (χ0n) is 19.7. The molecule has 0 bridgehead atoms. The second-order valence-electron chi connectivity index (χ2n) is 10.0. The molecule has 34 heavy (non-hydrogen) atoms. The smallest absolute Gasteiger partial charge is 0.310 e. The summed E-state index contributed by atoms with van der Waals surface area (Å²) in [4.78, 5) is 28.0. The molecule has 6 rings (SSSR count). The van der Waals surface area contributed by atoms with Crippen LogP contribution in [0.15, 0.2) is 60.7 Å². The van der Waals surface area contributed by atoms with Crippen molar-refractivity contribution in [3.63, 3.8) is 0 Å². The van der Waals surface area contributed by atoms with Crippen molar-refractivity contribution >= 4 is 11.9 Å². The normalized spacial score (nSPS) is 28.8. The fraction of sp³-hybridized carbons (Fsp3) is 0.500. The Morgan fingerprint density at radius 3 is 1.41 bits per heavy atom. The summed E-state index contributed by atoms with van der Waals surface area (Å²) in [6.45, 7) is 6.90. The monoisotopic (exact) mass is 462 g/mol. The van der Waals surface area contributed by atoms with Crippen molar-refractivity contribution in [3.8, 4) is 0 Å². The maximum Gasteiger partial charge on any atom is 0.310 e. The zero-order valence-corrected chi connectivity index (χ0v) is 19.7. The molecule has 2 aromatic carbocycles. The summed E-state index contributed by atoms with van der Waals surface area (Å²) >= 11 is 0. The number of esters is 2. The van der Waals surface area contributed by atoms with Crippen molar-refractivity contribution in [1.82, 2.24) is 9.80 Å². The van der Waals surface area contributed by atoms with Crippen molar-refractivity contribution in [1.29, 1.82) is 0 Å². The highest BCUT2D eigenvalue weighted by Crippen LogP contribution is 2.32. The van der Waals surface area contributed by atoms with E-state index in [0.29, 0.717) is 25.0 Å². The van der Waals surface area contributed by atoms with Gasteiger partial charge in [0.05, 0.1) is 25.0 Å². The standard InChI is InChI=1S/2C14H17NO2/c2*16-14-13-10-15(9-12(13)6-7-17-14)8-11-4-2-1-3-5-11/h2*1-5,12-13H,6-10H2/t2*12-,13+/m10/s1. The first-order chi connectivity index (χ1) is 16.7. The lowest BCUT2D eigenvalue weighted by molar-refractivity contribution is -0.155. The molecule has 0 spiro atoms. The van der Waals surface area contributed by atoms with Crippen LogP contribution in [0.4, 0.5) is 0 Å². The van der Waals surface area contributed by atoms with E-state index in [-0.39, 0.29) is 23.8 Å². The van der Waals surface area contributed by atoms with Gasteiger partial charge >= 0.3 is 11.9 Å². The van der Waals surface area contributed by atoms with Gasteiger partial charge in [-0.15, -0.1) is 0 Å². The van der Waals surface area contributed by atoms with Crippen LogP contribution in [-0.4, -0.2) is 61.1 Å². The van der Waals surface area contributed by atoms with E-state index < -0.39 is 0 Å². The van der Waals surface area contributed by atoms with Gasteiger partial charge in [0, 0.05) is 39.3 Å². The molecule has 0 aromatic heterocycles. The van der Waals surface area contributed by atoms with Gasteiger partial charge in [-0.05, 0) is 35.8 Å². The summed E-state index contributed by atoms with van der Waals surface area (Å²) in [5.41, 5.74) is 2.64. The minimum Gasteiger partial charge on any atom is -0.465 e. The second-order valence-corrected chi connectivity index (χ2v) is 10.0. The lowest BCUT2D eigenvalue weighted by Crippen LogP contribution is -2.31. The van der Waals surface area contributed by atoms with E-state index in [1.165, 1.54) is 11.1 Å². The predicted octanol–water partition coefficient (Wildman–Crippen LogP) is 3.36. The van der Waals surface area contributed by atoms with Gasteiger partial charge in [0.1, 0.15) is 0 Å². The predicted molar refractivity (Wildman–Crippen MR) is 129 cm³/mol. The molecule has 0 amide bonds. The summed E-state index contributed by atoms with van der Waals surface area (Å²) in [6.07, 6.45) is 2.06. The number of nitrogens with zero attached hydrogens (tertiary/aromatic N) is 2. The Hall–Kier alpha value is -2.70. The summed E-state index contributed by atoms with van der Waals surface area (Å²) in [6, 6.07) is 20.9. The first kappa shape index (κ1) is 23.1. The van der Waals surface area contributed by atoms with E-state index in [1.54, 1.807) is 0 Å². The molecule has 0 unspecified atom stereocenters. The summed E-state index contributed by atoms with van der Waals surface area (Å²) in [5.74, 6) is 1.29. The molecule has 0 N–H and O–H groups in total. The number of carbonyl (C=O) groups excluding carboxylic acids is 2. The van der Waals surface area contributed by atoms with E-state index in [4.69, 9.17) is 9.47 Å². The van der Waals surface area contributed by atoms with Crippen LogP contribution in [0, 0.1) is 23.7 Å². The Labute approximate surface area is 201 Å². The number of ether oxygens (including phenoxy) is 2. The van der Waals surface area contributed by atoms with Crippen molar-refractivity contribution in [2.75, 3.05) is 39.4 Å². The first-order valence-corrected chi connectivity index (χ1v) is 12.5. The van der Waals surface area contributed by atoms with Gasteiger partial charge in [0.2, 0.25) is 0 Å². The second kappa shape index (κ2) is 10.7. The molecule has 6 nitrogen and oxygen atoms in total. The Balaban J connectivity index is 0.000000142. The number of rotatable bonds is 4. The highest BCUT2D eigenvalue weighted by molar-refractivity contribution is 5.74. The summed E-state index contributed by atoms with van der Waals surface area (Å²) in [7, 11) is 0. The topological polar surface area (TPSA) is 59.1 Å². The van der Waals surface area contributed by atoms with Gasteiger partial charge in [-0.2, -0.15) is 0 Å². The van der Waals surface area contributed by atoms with Gasteiger partial charge in [-0.1, -0.05) is 60.7 Å². The van der Waals surface area contributed by atoms with Gasteiger partial charge in [0.15, 0.2) is 0 Å². The molecular weight excluding hydrogens is 428 g/mol. The largest absolute Gasteiger partial charge is 0.465 e. The number of cyclic esters (lactones) is 2. The van der Waals surface area contributed by atoms with Crippen LogP contribution in [0.3, 0.4) is 0 Å². The van der Waals surface area contributed by atoms with Crippen LogP contribution >= 0.6 is 0 Å². The average molecular weight is 463 g/mol. The van der Waals surface area contributed by atoms with Crippen molar-refractivity contribution in [2.24, 2.45) is 23.7 Å². The minimum absolute atomic E-state index is 0.0109. The number of carbonyl (C=O) groups is 2. The fourth-order valence-corrected chi connectivity index (χ4v) is 5.82. The Kier molecular flexibility index (Phi) is 7.26. The van der Waals surface area contributed by atoms with Gasteiger partial charge in [0.25, 0.3) is 0 Å². The Bertz CT molecular complexity index is 887. The number of benzene rings is 2. The molecule has 4 aliphatic rings. The Morgan fingerprint density at radius 1 is 0.618 bits per heavy atom. The molecule has 2 aromatic rings. The lowest BCUT2D eigenvalue weighted by atomic mass is 9.91. The van der Waals surface area contributed by atoms with Crippen LogP contribution in [0.5, 0.6) is 0 Å². The SMILES string of the molecule is O=C1OCC[C@@H]2CN(Cc3ccccc3)C[C@H]12.O=C1OCC[C@H]2CN(Cc3ccccc3)C[C@@H]12. The average Bonchev–Trinajstić information content (AvgIpc) is 3.46. The highest BCUT2D eigenvalue weighted by Gasteiger charge is 2.41. The van der Waals surface area contributed by atoms with E-state index in [2.05, 4.69) is 58.3 Å². The maximum absolute atomic E-state index is 11.6. The third-order valence-corrected chi connectivity index (χ3v) is 7.60. The zero-order chi connectivity index (χ0) is 23.3. The van der Waals surface area contributed by atoms with Crippen LogP contribution in [0.2, 0.25) is 0 Å². The number of fused-ring (bicyclic) bond motifs is 2. The number of hydrogen-bond donors (Lipinski definition) is 0. The third kappa shape index (κ3) is 5.50. The van der Waals surface area contributed by atoms with Crippen LogP contribution < -0.4 is 0 Å². The molecule has 6 heteroatoms. The van der Waals surface area contributed by atoms with Gasteiger partial charge in [-0.3, -0.25) is 19.4 Å². The summed E-state index contributed by atoms with van der Waals surface area (Å²) < 4.78 is 10.2. The highest BCUT2D eigenvalue weighted by atomic mass is 16.5. The molecule has 4 fully saturated rings. The van der Waals surface area contributed by atoms with Crippen LogP contribution in [-0.2, 0) is 32.2 Å². The molecular formula is C28H34N2O4. The van der Waals surface area contributed by atoms with Crippen molar-refractivity contribution < 1.29 is 19.1 Å². The molecule has 0 aliphatic carbocycles. The summed E-state index contributed by atoms with van der Waals surface area (Å²) in [5, 5.41) is 0. The van der Waals surface area contributed by atoms with E-state index in [0.717, 1.165) is 52.1 Å². The van der Waals surface area contributed by atoms with Gasteiger partial charge in [-0.25, -0.2) is 0 Å². The number of likely N-dealkylation sites (tertiary alicyclic amines) is 2. The van der Waals surface area contributed by atoms with E-state index in [1.807, 2.05) is 12.1 Å². The minimum atomic E-state index is 0.0109.